The van der Waals surface area contributed by atoms with E-state index in [4.69, 9.17) is 4.42 Å². The highest BCUT2D eigenvalue weighted by atomic mass is 16.5. The number of aliphatic hydroxyl groups is 1. The number of allylic oxidation sites excluding steroid dienone is 1. The molecule has 31 heavy (non-hydrogen) atoms. The van der Waals surface area contributed by atoms with Crippen molar-refractivity contribution in [1.29, 1.82) is 0 Å². The van der Waals surface area contributed by atoms with Crippen LogP contribution in [0.25, 0.3) is 28.1 Å². The zero-order valence-electron chi connectivity index (χ0n) is 17.0. The number of para-hydroxylation sites is 1. The van der Waals surface area contributed by atoms with Crippen LogP contribution in [0.2, 0.25) is 0 Å². The topological polar surface area (TPSA) is 126 Å². The van der Waals surface area contributed by atoms with Gasteiger partial charge in [-0.05, 0) is 31.1 Å². The van der Waals surface area contributed by atoms with E-state index >= 15 is 0 Å². The number of aliphatic hydroxyl groups excluding tert-OH is 1. The molecule has 9 heteroatoms. The Morgan fingerprint density at radius 1 is 1.32 bits per heavy atom. The molecule has 1 saturated heterocycles. The SMILES string of the molecule is COC(=O)CCCC=Cc1nc(N2C[C@@H](O)C[C@H]2C(=O)O)c2oc3ccccc3c2n1. The Labute approximate surface area is 177 Å². The van der Waals surface area contributed by atoms with Crippen LogP contribution in [-0.2, 0) is 14.3 Å². The van der Waals surface area contributed by atoms with E-state index in [2.05, 4.69) is 14.7 Å². The average Bonchev–Trinajstić information content (AvgIpc) is 3.33. The number of carbonyl (C=O) groups is 2. The third-order valence-corrected chi connectivity index (χ3v) is 5.30. The third kappa shape index (κ3) is 4.22. The van der Waals surface area contributed by atoms with Gasteiger partial charge < -0.3 is 24.3 Å². The number of nitrogens with zero attached hydrogens (tertiary/aromatic N) is 3. The molecule has 4 rings (SSSR count). The number of hydrogen-bond acceptors (Lipinski definition) is 8. The molecule has 162 valence electrons. The highest BCUT2D eigenvalue weighted by Crippen LogP contribution is 2.36. The summed E-state index contributed by atoms with van der Waals surface area (Å²) in [5, 5.41) is 20.5. The summed E-state index contributed by atoms with van der Waals surface area (Å²) < 4.78 is 10.6. The lowest BCUT2D eigenvalue weighted by molar-refractivity contribution is -0.141. The Morgan fingerprint density at radius 3 is 2.90 bits per heavy atom. The van der Waals surface area contributed by atoms with Gasteiger partial charge in [0, 0.05) is 24.8 Å². The highest BCUT2D eigenvalue weighted by Gasteiger charge is 2.38. The lowest BCUT2D eigenvalue weighted by Crippen LogP contribution is -2.36. The molecule has 0 saturated carbocycles. The molecule has 2 atom stereocenters. The number of hydrogen-bond donors (Lipinski definition) is 2. The molecule has 0 aliphatic carbocycles. The smallest absolute Gasteiger partial charge is 0.326 e. The monoisotopic (exact) mass is 425 g/mol. The number of ether oxygens (including phenoxy) is 1. The van der Waals surface area contributed by atoms with Gasteiger partial charge in [-0.25, -0.2) is 14.8 Å². The molecule has 1 aromatic carbocycles. The van der Waals surface area contributed by atoms with Crippen LogP contribution in [0.1, 0.15) is 31.5 Å². The van der Waals surface area contributed by atoms with E-state index in [-0.39, 0.29) is 18.9 Å². The second kappa shape index (κ2) is 8.73. The van der Waals surface area contributed by atoms with Crippen LogP contribution in [0.3, 0.4) is 0 Å². The minimum Gasteiger partial charge on any atom is -0.480 e. The second-order valence-corrected chi connectivity index (χ2v) is 7.45. The lowest BCUT2D eigenvalue weighted by atomic mass is 10.2. The fourth-order valence-electron chi connectivity index (χ4n) is 3.80. The van der Waals surface area contributed by atoms with Gasteiger partial charge in [-0.3, -0.25) is 4.79 Å². The Kier molecular flexibility index (Phi) is 5.85. The zero-order valence-corrected chi connectivity index (χ0v) is 17.0. The molecule has 0 bridgehead atoms. The van der Waals surface area contributed by atoms with Crippen molar-refractivity contribution in [2.75, 3.05) is 18.6 Å². The predicted molar refractivity (Wildman–Crippen MR) is 114 cm³/mol. The number of esters is 1. The number of carboxylic acid groups (broad SMARTS) is 1. The Balaban J connectivity index is 1.73. The molecule has 3 aromatic rings. The van der Waals surface area contributed by atoms with Gasteiger partial charge in [0.25, 0.3) is 0 Å². The average molecular weight is 425 g/mol. The van der Waals surface area contributed by atoms with Crippen molar-refractivity contribution in [2.24, 2.45) is 0 Å². The molecule has 0 unspecified atom stereocenters. The predicted octanol–water partition coefficient (Wildman–Crippen LogP) is 2.76. The number of aromatic nitrogens is 2. The molecule has 1 aliphatic heterocycles. The maximum absolute atomic E-state index is 11.8. The normalized spacial score (nSPS) is 19.0. The second-order valence-electron chi connectivity index (χ2n) is 7.45. The Bertz CT molecular complexity index is 1150. The molecule has 2 aromatic heterocycles. The molecule has 0 spiro atoms. The van der Waals surface area contributed by atoms with Crippen LogP contribution in [0.5, 0.6) is 0 Å². The van der Waals surface area contributed by atoms with Crippen LogP contribution < -0.4 is 4.90 Å². The number of rotatable bonds is 7. The molecular formula is C22H23N3O6. The number of benzene rings is 1. The number of anilines is 1. The van der Waals surface area contributed by atoms with Crippen molar-refractivity contribution >= 4 is 45.9 Å². The molecule has 0 amide bonds. The molecule has 9 nitrogen and oxygen atoms in total. The van der Waals surface area contributed by atoms with Gasteiger partial charge in [-0.1, -0.05) is 18.2 Å². The summed E-state index contributed by atoms with van der Waals surface area (Å²) in [6, 6.07) is 6.52. The van der Waals surface area contributed by atoms with Crippen LogP contribution in [0.15, 0.2) is 34.8 Å². The summed E-state index contributed by atoms with van der Waals surface area (Å²) in [6.45, 7) is 0.141. The van der Waals surface area contributed by atoms with Crippen molar-refractivity contribution in [1.82, 2.24) is 9.97 Å². The van der Waals surface area contributed by atoms with E-state index in [1.807, 2.05) is 30.3 Å². The van der Waals surface area contributed by atoms with Crippen LogP contribution in [0, 0.1) is 0 Å². The van der Waals surface area contributed by atoms with E-state index in [1.54, 1.807) is 11.0 Å². The summed E-state index contributed by atoms with van der Waals surface area (Å²) in [5.74, 6) is -0.540. The molecule has 2 N–H and O–H groups in total. The van der Waals surface area contributed by atoms with Gasteiger partial charge in [0.15, 0.2) is 17.2 Å². The van der Waals surface area contributed by atoms with E-state index < -0.39 is 18.1 Å². The van der Waals surface area contributed by atoms with Crippen molar-refractivity contribution in [3.05, 3.63) is 36.2 Å². The van der Waals surface area contributed by atoms with Crippen molar-refractivity contribution in [3.8, 4) is 0 Å². The number of furan rings is 1. The van der Waals surface area contributed by atoms with Crippen molar-refractivity contribution in [2.45, 2.75) is 37.8 Å². The number of carbonyl (C=O) groups excluding carboxylic acids is 1. The number of unbranched alkanes of at least 4 members (excludes halogenated alkanes) is 1. The van der Waals surface area contributed by atoms with E-state index in [1.165, 1.54) is 7.11 Å². The van der Waals surface area contributed by atoms with Crippen LogP contribution in [-0.4, -0.2) is 57.9 Å². The molecule has 1 fully saturated rings. The highest BCUT2D eigenvalue weighted by molar-refractivity contribution is 6.06. The van der Waals surface area contributed by atoms with Gasteiger partial charge in [0.2, 0.25) is 0 Å². The molecule has 3 heterocycles. The van der Waals surface area contributed by atoms with Gasteiger partial charge in [0.05, 0.1) is 13.2 Å². The fourth-order valence-corrected chi connectivity index (χ4v) is 3.80. The van der Waals surface area contributed by atoms with Gasteiger partial charge in [0.1, 0.15) is 17.1 Å². The summed E-state index contributed by atoms with van der Waals surface area (Å²) in [7, 11) is 1.36. The number of methoxy groups -OCH3 is 1. The lowest BCUT2D eigenvalue weighted by Gasteiger charge is -2.22. The summed E-state index contributed by atoms with van der Waals surface area (Å²) in [4.78, 5) is 33.7. The van der Waals surface area contributed by atoms with E-state index in [0.717, 1.165) is 5.39 Å². The minimum atomic E-state index is -1.03. The first-order chi connectivity index (χ1) is 15.0. The third-order valence-electron chi connectivity index (χ3n) is 5.30. The largest absolute Gasteiger partial charge is 0.480 e. The number of carboxylic acids is 1. The number of aliphatic carboxylic acids is 1. The zero-order chi connectivity index (χ0) is 22.0. The van der Waals surface area contributed by atoms with E-state index in [0.29, 0.717) is 47.6 Å². The Morgan fingerprint density at radius 2 is 2.13 bits per heavy atom. The maximum Gasteiger partial charge on any atom is 0.326 e. The first kappa shape index (κ1) is 20.8. The van der Waals surface area contributed by atoms with Gasteiger partial charge in [-0.2, -0.15) is 0 Å². The van der Waals surface area contributed by atoms with Crippen molar-refractivity contribution < 1.29 is 29.0 Å². The Hall–Kier alpha value is -3.46. The van der Waals surface area contributed by atoms with E-state index in [9.17, 15) is 19.8 Å². The molecular weight excluding hydrogens is 402 g/mol. The summed E-state index contributed by atoms with van der Waals surface area (Å²) >= 11 is 0. The molecule has 0 radical (unpaired) electrons. The minimum absolute atomic E-state index is 0.111. The van der Waals surface area contributed by atoms with Gasteiger partial charge in [-0.15, -0.1) is 0 Å². The quantitative estimate of drug-likeness (QED) is 0.434. The van der Waals surface area contributed by atoms with Crippen molar-refractivity contribution in [3.63, 3.8) is 0 Å². The van der Waals surface area contributed by atoms with Gasteiger partial charge >= 0.3 is 11.9 Å². The fraction of sp³-hybridized carbons (Fsp3) is 0.364. The first-order valence-electron chi connectivity index (χ1n) is 10.1. The van der Waals surface area contributed by atoms with Crippen LogP contribution in [0.4, 0.5) is 5.82 Å². The maximum atomic E-state index is 11.8. The summed E-state index contributed by atoms with van der Waals surface area (Å²) in [5.41, 5.74) is 1.60. The standard InChI is InChI=1S/C22H23N3O6/c1-30-18(27)10-4-2-3-9-17-23-19-14-7-5-6-8-16(14)31-20(19)21(24-17)25-12-13(26)11-15(25)22(28)29/h3,5-9,13,15,26H,2,4,10-12H2,1H3,(H,28,29)/t13-,15-/m0/s1. The molecule has 1 aliphatic rings. The first-order valence-corrected chi connectivity index (χ1v) is 10.1. The summed E-state index contributed by atoms with van der Waals surface area (Å²) in [6.07, 6.45) is 4.54. The van der Waals surface area contributed by atoms with Crippen LogP contribution >= 0.6 is 0 Å². The number of β-amino-alcohol motifs (C(OH)–C–C–N with tert-alkyl or cyclic N) is 1. The number of fused-ring (bicyclic) bond motifs is 3.